The molecule has 0 aromatic rings. The molecule has 1 unspecified atom stereocenters. The first-order valence-electron chi connectivity index (χ1n) is 5.05. The zero-order valence-corrected chi connectivity index (χ0v) is 8.43. The van der Waals surface area contributed by atoms with Crippen LogP contribution < -0.4 is 0 Å². The van der Waals surface area contributed by atoms with E-state index < -0.39 is 0 Å². The topological polar surface area (TPSA) is 38.7 Å². The number of hydrogen-bond acceptors (Lipinski definition) is 3. The lowest BCUT2D eigenvalue weighted by molar-refractivity contribution is -0.0435. The van der Waals surface area contributed by atoms with Gasteiger partial charge in [-0.1, -0.05) is 18.2 Å². The first-order chi connectivity index (χ1) is 7.40. The highest BCUT2D eigenvalue weighted by Gasteiger charge is 2.14. The average molecular weight is 206 g/mol. The van der Waals surface area contributed by atoms with Crippen molar-refractivity contribution >= 4 is 0 Å². The van der Waals surface area contributed by atoms with Crippen molar-refractivity contribution in [2.45, 2.75) is 19.1 Å². The van der Waals surface area contributed by atoms with Crippen molar-refractivity contribution in [3.05, 3.63) is 48.0 Å². The van der Waals surface area contributed by atoms with Crippen LogP contribution in [-0.2, 0) is 9.47 Å². The molecule has 3 heteroatoms. The second-order valence-corrected chi connectivity index (χ2v) is 3.38. The normalized spacial score (nSPS) is 24.2. The Morgan fingerprint density at radius 1 is 1.47 bits per heavy atom. The molecular formula is C12H14O3. The number of aliphatic hydroxyl groups is 1. The van der Waals surface area contributed by atoms with E-state index in [-0.39, 0.29) is 12.9 Å². The van der Waals surface area contributed by atoms with Gasteiger partial charge in [-0.15, -0.1) is 0 Å². The number of aliphatic hydroxyl groups excluding tert-OH is 1. The molecule has 1 aliphatic heterocycles. The van der Waals surface area contributed by atoms with E-state index >= 15 is 0 Å². The van der Waals surface area contributed by atoms with Crippen molar-refractivity contribution in [2.24, 2.45) is 0 Å². The van der Waals surface area contributed by atoms with Crippen LogP contribution in [0.3, 0.4) is 0 Å². The Morgan fingerprint density at radius 3 is 3.13 bits per heavy atom. The molecule has 0 saturated carbocycles. The second-order valence-electron chi connectivity index (χ2n) is 3.38. The van der Waals surface area contributed by atoms with Crippen molar-refractivity contribution < 1.29 is 14.6 Å². The highest BCUT2D eigenvalue weighted by molar-refractivity contribution is 5.26. The fraction of sp³-hybridized carbons (Fsp3) is 0.333. The summed E-state index contributed by atoms with van der Waals surface area (Å²) in [5.41, 5.74) is 0.841. The lowest BCUT2D eigenvalue weighted by Crippen LogP contribution is -2.15. The number of allylic oxidation sites excluding steroid dienone is 4. The largest absolute Gasteiger partial charge is 0.459 e. The van der Waals surface area contributed by atoms with Gasteiger partial charge in [0.2, 0.25) is 0 Å². The van der Waals surface area contributed by atoms with Gasteiger partial charge in [0.25, 0.3) is 6.29 Å². The predicted molar refractivity (Wildman–Crippen MR) is 56.7 cm³/mol. The van der Waals surface area contributed by atoms with Gasteiger partial charge >= 0.3 is 0 Å². The van der Waals surface area contributed by atoms with Crippen LogP contribution in [0, 0.1) is 0 Å². The zero-order chi connectivity index (χ0) is 10.5. The second kappa shape index (κ2) is 4.84. The predicted octanol–water partition coefficient (Wildman–Crippen LogP) is 2.03. The van der Waals surface area contributed by atoms with Gasteiger partial charge in [0.1, 0.15) is 5.76 Å². The molecule has 0 radical (unpaired) electrons. The number of hydrogen-bond donors (Lipinski definition) is 1. The molecule has 0 aromatic heterocycles. The highest BCUT2D eigenvalue weighted by Crippen LogP contribution is 2.22. The van der Waals surface area contributed by atoms with Gasteiger partial charge in [-0.25, -0.2) is 0 Å². The number of rotatable bonds is 3. The summed E-state index contributed by atoms with van der Waals surface area (Å²) in [7, 11) is 0. The fourth-order valence-corrected chi connectivity index (χ4v) is 1.54. The standard InChI is InChI=1S/C12H14O3/c13-9-10-5-1-2-6-11(10)15-12-7-3-4-8-14-12/h1,3-5,7-8,12-13H,2,6,9H2. The summed E-state index contributed by atoms with van der Waals surface area (Å²) in [4.78, 5) is 0. The Labute approximate surface area is 89.0 Å². The van der Waals surface area contributed by atoms with Gasteiger partial charge < -0.3 is 14.6 Å². The molecule has 80 valence electrons. The van der Waals surface area contributed by atoms with E-state index in [0.717, 1.165) is 24.2 Å². The lowest BCUT2D eigenvalue weighted by Gasteiger charge is -2.21. The average Bonchev–Trinajstić information content (AvgIpc) is 2.31. The van der Waals surface area contributed by atoms with Gasteiger partial charge in [-0.2, -0.15) is 0 Å². The van der Waals surface area contributed by atoms with Crippen LogP contribution in [-0.4, -0.2) is 18.0 Å². The van der Waals surface area contributed by atoms with E-state index in [1.54, 1.807) is 6.26 Å². The first kappa shape index (κ1) is 10.1. The quantitative estimate of drug-likeness (QED) is 0.767. The van der Waals surface area contributed by atoms with Gasteiger partial charge in [0, 0.05) is 12.0 Å². The third-order valence-corrected chi connectivity index (χ3v) is 2.31. The van der Waals surface area contributed by atoms with Gasteiger partial charge in [-0.05, 0) is 18.6 Å². The van der Waals surface area contributed by atoms with Crippen LogP contribution in [0.4, 0.5) is 0 Å². The Bertz CT molecular complexity index is 337. The molecule has 0 aromatic carbocycles. The van der Waals surface area contributed by atoms with Crippen LogP contribution in [0.5, 0.6) is 0 Å². The maximum Gasteiger partial charge on any atom is 0.259 e. The van der Waals surface area contributed by atoms with E-state index in [2.05, 4.69) is 0 Å². The Kier molecular flexibility index (Phi) is 3.25. The molecule has 1 atom stereocenters. The molecule has 3 nitrogen and oxygen atoms in total. The maximum absolute atomic E-state index is 9.13. The van der Waals surface area contributed by atoms with E-state index in [1.807, 2.05) is 30.4 Å². The summed E-state index contributed by atoms with van der Waals surface area (Å²) >= 11 is 0. The summed E-state index contributed by atoms with van der Waals surface area (Å²) in [5, 5.41) is 9.13. The molecule has 0 bridgehead atoms. The molecule has 2 aliphatic rings. The SMILES string of the molecule is OCC1=C(OC2C=CC=CO2)CCC=C1. The molecular weight excluding hydrogens is 192 g/mol. The minimum absolute atomic E-state index is 0.0120. The third-order valence-electron chi connectivity index (χ3n) is 2.31. The minimum Gasteiger partial charge on any atom is -0.459 e. The summed E-state index contributed by atoms with van der Waals surface area (Å²) in [6.45, 7) is 0.0120. The zero-order valence-electron chi connectivity index (χ0n) is 8.43. The molecule has 1 heterocycles. The molecule has 2 rings (SSSR count). The molecule has 0 saturated heterocycles. The van der Waals surface area contributed by atoms with E-state index in [1.165, 1.54) is 0 Å². The maximum atomic E-state index is 9.13. The van der Waals surface area contributed by atoms with E-state index in [4.69, 9.17) is 14.6 Å². The first-order valence-corrected chi connectivity index (χ1v) is 5.05. The van der Waals surface area contributed by atoms with Crippen LogP contribution in [0.15, 0.2) is 48.0 Å². The lowest BCUT2D eigenvalue weighted by atomic mass is 10.1. The van der Waals surface area contributed by atoms with Crippen LogP contribution >= 0.6 is 0 Å². The van der Waals surface area contributed by atoms with Crippen molar-refractivity contribution in [1.82, 2.24) is 0 Å². The molecule has 0 fully saturated rings. The smallest absolute Gasteiger partial charge is 0.259 e. The molecule has 1 aliphatic carbocycles. The van der Waals surface area contributed by atoms with Crippen LogP contribution in [0.2, 0.25) is 0 Å². The van der Waals surface area contributed by atoms with Crippen molar-refractivity contribution in [3.8, 4) is 0 Å². The molecule has 0 amide bonds. The highest BCUT2D eigenvalue weighted by atomic mass is 16.7. The minimum atomic E-state index is -0.363. The van der Waals surface area contributed by atoms with Crippen molar-refractivity contribution in [1.29, 1.82) is 0 Å². The molecule has 0 spiro atoms. The van der Waals surface area contributed by atoms with E-state index in [9.17, 15) is 0 Å². The third kappa shape index (κ3) is 2.50. The number of ether oxygens (including phenoxy) is 2. The van der Waals surface area contributed by atoms with Crippen LogP contribution in [0.25, 0.3) is 0 Å². The van der Waals surface area contributed by atoms with Gasteiger partial charge in [0.15, 0.2) is 0 Å². The Balaban J connectivity index is 2.03. The summed E-state index contributed by atoms with van der Waals surface area (Å²) in [6.07, 6.45) is 12.5. The summed E-state index contributed by atoms with van der Waals surface area (Å²) in [5.74, 6) is 0.824. The van der Waals surface area contributed by atoms with E-state index in [0.29, 0.717) is 0 Å². The fourth-order valence-electron chi connectivity index (χ4n) is 1.54. The van der Waals surface area contributed by atoms with Gasteiger partial charge in [0.05, 0.1) is 12.9 Å². The molecule has 1 N–H and O–H groups in total. The monoisotopic (exact) mass is 206 g/mol. The van der Waals surface area contributed by atoms with Gasteiger partial charge in [-0.3, -0.25) is 0 Å². The van der Waals surface area contributed by atoms with Crippen LogP contribution in [0.1, 0.15) is 12.8 Å². The summed E-state index contributed by atoms with van der Waals surface area (Å²) in [6, 6.07) is 0. The summed E-state index contributed by atoms with van der Waals surface area (Å²) < 4.78 is 10.9. The Morgan fingerprint density at radius 2 is 2.40 bits per heavy atom. The molecule has 15 heavy (non-hydrogen) atoms. The Hall–Kier alpha value is -1.48. The van der Waals surface area contributed by atoms with Crippen molar-refractivity contribution in [2.75, 3.05) is 6.61 Å². The van der Waals surface area contributed by atoms with Crippen molar-refractivity contribution in [3.63, 3.8) is 0 Å².